The van der Waals surface area contributed by atoms with E-state index in [1.165, 1.54) is 0 Å². The van der Waals surface area contributed by atoms with E-state index in [1.807, 2.05) is 0 Å². The third-order valence-electron chi connectivity index (χ3n) is 5.14. The van der Waals surface area contributed by atoms with E-state index in [0.29, 0.717) is 30.0 Å². The minimum Gasteiger partial charge on any atom is -0.497 e. The minimum absolute atomic E-state index is 0.0978. The topological polar surface area (TPSA) is 124 Å². The van der Waals surface area contributed by atoms with Crippen molar-refractivity contribution in [1.82, 2.24) is 20.4 Å². The number of nitrogens with one attached hydrogen (secondary N) is 1. The van der Waals surface area contributed by atoms with Gasteiger partial charge in [-0.05, 0) is 25.0 Å². The molecule has 29 heavy (non-hydrogen) atoms. The molecule has 10 heteroatoms. The largest absolute Gasteiger partial charge is 0.497 e. The van der Waals surface area contributed by atoms with E-state index in [9.17, 15) is 14.4 Å². The monoisotopic (exact) mass is 400 g/mol. The zero-order valence-corrected chi connectivity index (χ0v) is 15.8. The number of urea groups is 1. The Labute approximate surface area is 166 Å². The molecule has 1 aromatic heterocycles. The summed E-state index contributed by atoms with van der Waals surface area (Å²) in [6, 6.07) is 6.56. The number of aromatic nitrogens is 2. The fourth-order valence-corrected chi connectivity index (χ4v) is 3.65. The molecule has 0 atom stereocenters. The zero-order chi connectivity index (χ0) is 20.4. The highest BCUT2D eigenvalue weighted by molar-refractivity contribution is 6.08. The van der Waals surface area contributed by atoms with Crippen LogP contribution in [0.15, 0.2) is 28.8 Å². The molecule has 3 amide bonds. The van der Waals surface area contributed by atoms with Crippen LogP contribution in [0.3, 0.4) is 0 Å². The Hall–Kier alpha value is -3.43. The quantitative estimate of drug-likeness (QED) is 0.573. The van der Waals surface area contributed by atoms with Crippen molar-refractivity contribution in [2.24, 2.45) is 0 Å². The third kappa shape index (κ3) is 3.65. The Morgan fingerprint density at radius 2 is 2.10 bits per heavy atom. The average molecular weight is 400 g/mol. The van der Waals surface area contributed by atoms with Crippen LogP contribution < -0.4 is 10.1 Å². The van der Waals surface area contributed by atoms with Crippen molar-refractivity contribution in [1.29, 1.82) is 0 Å². The van der Waals surface area contributed by atoms with Gasteiger partial charge in [-0.2, -0.15) is 4.98 Å². The second kappa shape index (κ2) is 7.53. The van der Waals surface area contributed by atoms with Gasteiger partial charge in [0.15, 0.2) is 6.61 Å². The number of benzene rings is 1. The van der Waals surface area contributed by atoms with E-state index in [0.717, 1.165) is 17.7 Å². The van der Waals surface area contributed by atoms with Crippen molar-refractivity contribution >= 4 is 17.9 Å². The number of hydrogen-bond donors (Lipinski definition) is 1. The third-order valence-corrected chi connectivity index (χ3v) is 5.14. The highest BCUT2D eigenvalue weighted by Gasteiger charge is 2.52. The highest BCUT2D eigenvalue weighted by Crippen LogP contribution is 2.34. The second-order valence-electron chi connectivity index (χ2n) is 7.02. The molecule has 1 saturated carbocycles. The van der Waals surface area contributed by atoms with Crippen molar-refractivity contribution in [3.63, 3.8) is 0 Å². The predicted molar refractivity (Wildman–Crippen MR) is 97.5 cm³/mol. The highest BCUT2D eigenvalue weighted by atomic mass is 16.6. The first-order valence-electron chi connectivity index (χ1n) is 9.27. The van der Waals surface area contributed by atoms with Crippen LogP contribution in [0.4, 0.5) is 4.79 Å². The summed E-state index contributed by atoms with van der Waals surface area (Å²) < 4.78 is 15.3. The Morgan fingerprint density at radius 3 is 2.86 bits per heavy atom. The van der Waals surface area contributed by atoms with Crippen molar-refractivity contribution in [2.45, 2.75) is 37.8 Å². The summed E-state index contributed by atoms with van der Waals surface area (Å²) in [5.41, 5.74) is -0.165. The lowest BCUT2D eigenvalue weighted by Crippen LogP contribution is -2.44. The van der Waals surface area contributed by atoms with Gasteiger partial charge >= 0.3 is 12.0 Å². The lowest BCUT2D eigenvalue weighted by atomic mass is 9.98. The Balaban J connectivity index is 1.34. The van der Waals surface area contributed by atoms with Gasteiger partial charge in [0.25, 0.3) is 11.8 Å². The number of amides is 3. The molecule has 2 fully saturated rings. The molecule has 2 heterocycles. The van der Waals surface area contributed by atoms with Gasteiger partial charge in [0, 0.05) is 5.56 Å². The SMILES string of the molecule is COc1cccc(-c2noc(COC(=O)CN3C(=O)NC4(CCCC4)C3=O)n2)c1. The fraction of sp³-hybridized carbons (Fsp3) is 0.421. The predicted octanol–water partition coefficient (Wildman–Crippen LogP) is 1.65. The summed E-state index contributed by atoms with van der Waals surface area (Å²) in [6.45, 7) is -0.714. The number of nitrogens with zero attached hydrogens (tertiary/aromatic N) is 3. The normalized spacial score (nSPS) is 17.6. The number of imide groups is 1. The number of carbonyl (C=O) groups is 3. The van der Waals surface area contributed by atoms with Crippen molar-refractivity contribution in [3.05, 3.63) is 30.2 Å². The van der Waals surface area contributed by atoms with Crippen molar-refractivity contribution < 1.29 is 28.4 Å². The number of methoxy groups -OCH3 is 1. The summed E-state index contributed by atoms with van der Waals surface area (Å²) in [6.07, 6.45) is 2.94. The van der Waals surface area contributed by atoms with Crippen molar-refractivity contribution in [2.75, 3.05) is 13.7 Å². The van der Waals surface area contributed by atoms with Crippen LogP contribution in [0.1, 0.15) is 31.6 Å². The molecular weight excluding hydrogens is 380 g/mol. The van der Waals surface area contributed by atoms with E-state index in [4.69, 9.17) is 14.0 Å². The first-order chi connectivity index (χ1) is 14.0. The molecule has 152 valence electrons. The van der Waals surface area contributed by atoms with Crippen LogP contribution in [-0.4, -0.2) is 52.1 Å². The molecule has 4 rings (SSSR count). The maximum absolute atomic E-state index is 12.5. The van der Waals surface area contributed by atoms with E-state index in [1.54, 1.807) is 31.4 Å². The molecule has 2 aromatic rings. The molecule has 0 radical (unpaired) electrons. The van der Waals surface area contributed by atoms with Gasteiger partial charge in [-0.3, -0.25) is 14.5 Å². The van der Waals surface area contributed by atoms with E-state index in [-0.39, 0.29) is 18.4 Å². The Kier molecular flexibility index (Phi) is 4.91. The smallest absolute Gasteiger partial charge is 0.326 e. The Morgan fingerprint density at radius 1 is 1.31 bits per heavy atom. The lowest BCUT2D eigenvalue weighted by molar-refractivity contribution is -0.149. The maximum atomic E-state index is 12.5. The summed E-state index contributed by atoms with van der Waals surface area (Å²) in [7, 11) is 1.56. The molecule has 1 N–H and O–H groups in total. The number of hydrogen-bond acceptors (Lipinski definition) is 8. The molecule has 1 spiro atoms. The first kappa shape index (κ1) is 18.9. The van der Waals surface area contributed by atoms with Gasteiger partial charge in [-0.15, -0.1) is 0 Å². The number of carbonyl (C=O) groups excluding carboxylic acids is 3. The van der Waals surface area contributed by atoms with Gasteiger partial charge in [-0.1, -0.05) is 30.1 Å². The second-order valence-corrected chi connectivity index (χ2v) is 7.02. The number of ether oxygens (including phenoxy) is 2. The van der Waals surface area contributed by atoms with Crippen LogP contribution in [0.25, 0.3) is 11.4 Å². The average Bonchev–Trinajstić information content (AvgIpc) is 3.44. The maximum Gasteiger partial charge on any atom is 0.326 e. The fourth-order valence-electron chi connectivity index (χ4n) is 3.65. The van der Waals surface area contributed by atoms with E-state index >= 15 is 0 Å². The van der Waals surface area contributed by atoms with Crippen molar-refractivity contribution in [3.8, 4) is 17.1 Å². The van der Waals surface area contributed by atoms with Gasteiger partial charge in [0.1, 0.15) is 17.8 Å². The van der Waals surface area contributed by atoms with Crippen LogP contribution in [-0.2, 0) is 20.9 Å². The van der Waals surface area contributed by atoms with Crippen LogP contribution in [0, 0.1) is 0 Å². The molecule has 2 aliphatic rings. The van der Waals surface area contributed by atoms with Crippen LogP contribution in [0.5, 0.6) is 5.75 Å². The van der Waals surface area contributed by atoms with Crippen LogP contribution >= 0.6 is 0 Å². The summed E-state index contributed by atoms with van der Waals surface area (Å²) in [4.78, 5) is 41.9. The molecule has 10 nitrogen and oxygen atoms in total. The molecule has 0 bridgehead atoms. The van der Waals surface area contributed by atoms with E-state index in [2.05, 4.69) is 15.5 Å². The van der Waals surface area contributed by atoms with Crippen LogP contribution in [0.2, 0.25) is 0 Å². The molecule has 1 saturated heterocycles. The minimum atomic E-state index is -0.852. The molecule has 1 aliphatic carbocycles. The van der Waals surface area contributed by atoms with Gasteiger partial charge in [0.05, 0.1) is 7.11 Å². The molecular formula is C19H20N4O6. The van der Waals surface area contributed by atoms with E-state index < -0.39 is 24.1 Å². The molecule has 1 aliphatic heterocycles. The lowest BCUT2D eigenvalue weighted by Gasteiger charge is -2.19. The summed E-state index contributed by atoms with van der Waals surface area (Å²) >= 11 is 0. The summed E-state index contributed by atoms with van der Waals surface area (Å²) in [5, 5.41) is 6.57. The zero-order valence-electron chi connectivity index (χ0n) is 15.8. The summed E-state index contributed by atoms with van der Waals surface area (Å²) in [5.74, 6) is -0.0264. The molecule has 0 unspecified atom stereocenters. The van der Waals surface area contributed by atoms with Gasteiger partial charge < -0.3 is 19.3 Å². The standard InChI is InChI=1S/C19H20N4O6/c1-27-13-6-4-5-12(9-13)16-20-14(29-22-16)11-28-15(24)10-23-17(25)19(21-18(23)26)7-2-3-8-19/h4-6,9H,2-3,7-8,10-11H2,1H3,(H,21,26). The number of esters is 1. The molecule has 1 aromatic carbocycles. The van der Waals surface area contributed by atoms with Gasteiger partial charge in [0.2, 0.25) is 5.82 Å². The first-order valence-corrected chi connectivity index (χ1v) is 9.27. The van der Waals surface area contributed by atoms with Gasteiger partial charge in [-0.25, -0.2) is 4.79 Å². The number of rotatable bonds is 6. The Bertz CT molecular complexity index is 950.